The summed E-state index contributed by atoms with van der Waals surface area (Å²) in [5.74, 6) is 0.747. The van der Waals surface area contributed by atoms with Crippen LogP contribution in [0.1, 0.15) is 20.8 Å². The predicted molar refractivity (Wildman–Crippen MR) is 80.6 cm³/mol. The second kappa shape index (κ2) is 7.27. The van der Waals surface area contributed by atoms with Gasteiger partial charge in [-0.25, -0.2) is 0 Å². The summed E-state index contributed by atoms with van der Waals surface area (Å²) in [6.07, 6.45) is 3.49. The number of hydrogen-bond donors (Lipinski definition) is 0. The quantitative estimate of drug-likeness (QED) is 0.331. The minimum atomic E-state index is 0.150. The van der Waals surface area contributed by atoms with Gasteiger partial charge in [0, 0.05) is 12.1 Å². The Balaban J connectivity index is 2.81. The molecule has 1 aromatic heterocycles. The molecule has 1 atom stereocenters. The van der Waals surface area contributed by atoms with Crippen LogP contribution in [0.4, 0.5) is 5.69 Å². The zero-order valence-electron chi connectivity index (χ0n) is 10.4. The van der Waals surface area contributed by atoms with Crippen molar-refractivity contribution in [3.8, 4) is 5.75 Å². The molecule has 4 nitrogen and oxygen atoms in total. The van der Waals surface area contributed by atoms with Crippen molar-refractivity contribution in [3.05, 3.63) is 18.5 Å². The van der Waals surface area contributed by atoms with Crippen molar-refractivity contribution < 1.29 is 8.92 Å². The maximum atomic E-state index is 5.55. The summed E-state index contributed by atoms with van der Waals surface area (Å²) in [5, 5.41) is 0. The van der Waals surface area contributed by atoms with E-state index in [1.54, 1.807) is 19.5 Å². The molecule has 17 heavy (non-hydrogen) atoms. The molecule has 0 N–H and O–H groups in total. The number of hydrogen-bond acceptors (Lipinski definition) is 5. The highest BCUT2D eigenvalue weighted by molar-refractivity contribution is 14.1. The van der Waals surface area contributed by atoms with Crippen molar-refractivity contribution in [2.45, 2.75) is 30.9 Å². The van der Waals surface area contributed by atoms with Crippen LogP contribution in [0, 0.1) is 0 Å². The van der Waals surface area contributed by atoms with E-state index in [0.29, 0.717) is 6.04 Å². The van der Waals surface area contributed by atoms with E-state index in [2.05, 4.69) is 45.7 Å². The van der Waals surface area contributed by atoms with Gasteiger partial charge in [0.15, 0.2) is 0 Å². The van der Waals surface area contributed by atoms with Gasteiger partial charge in [0.25, 0.3) is 0 Å². The third-order valence-electron chi connectivity index (χ3n) is 1.91. The Bertz CT molecular complexity index is 350. The fourth-order valence-corrected chi connectivity index (χ4v) is 2.02. The molecular weight excluding hydrogens is 351 g/mol. The number of anilines is 1. The zero-order chi connectivity index (χ0) is 12.8. The summed E-state index contributed by atoms with van der Waals surface area (Å²) in [6.45, 7) is 6.21. The first-order valence-electron chi connectivity index (χ1n) is 5.30. The number of halogens is 1. The average Bonchev–Trinajstić information content (AvgIpc) is 2.28. The molecule has 96 valence electrons. The van der Waals surface area contributed by atoms with E-state index >= 15 is 0 Å². The van der Waals surface area contributed by atoms with Crippen molar-refractivity contribution in [1.29, 1.82) is 0 Å². The van der Waals surface area contributed by atoms with Gasteiger partial charge in [-0.15, -0.1) is 0 Å². The number of ether oxygens (including phenoxy) is 1. The molecule has 0 spiro atoms. The molecule has 1 heterocycles. The van der Waals surface area contributed by atoms with Crippen LogP contribution in [0.3, 0.4) is 0 Å². The van der Waals surface area contributed by atoms with Gasteiger partial charge < -0.3 is 4.74 Å². The molecule has 0 amide bonds. The van der Waals surface area contributed by atoms with E-state index in [0.717, 1.165) is 11.4 Å². The number of pyridine rings is 1. The van der Waals surface area contributed by atoms with E-state index in [9.17, 15) is 0 Å². The Morgan fingerprint density at radius 1 is 1.35 bits per heavy atom. The lowest BCUT2D eigenvalue weighted by Crippen LogP contribution is -2.24. The Hall–Kier alpha value is -0.210. The predicted octanol–water partition coefficient (Wildman–Crippen LogP) is 3.67. The standard InChI is InChI=1S/C11H17IN2O2S/c1-8(2)14(17-16-9(3)12)10-5-11(15-4)7-13-6-10/h5-9H,1-4H3. The van der Waals surface area contributed by atoms with Crippen molar-refractivity contribution in [1.82, 2.24) is 4.98 Å². The van der Waals surface area contributed by atoms with E-state index in [4.69, 9.17) is 8.92 Å². The zero-order valence-corrected chi connectivity index (χ0v) is 13.4. The van der Waals surface area contributed by atoms with Crippen LogP contribution < -0.4 is 9.04 Å². The molecule has 0 saturated heterocycles. The van der Waals surface area contributed by atoms with Crippen LogP contribution >= 0.6 is 34.8 Å². The van der Waals surface area contributed by atoms with Crippen LogP contribution in [-0.4, -0.2) is 22.2 Å². The van der Waals surface area contributed by atoms with E-state index in [1.165, 1.54) is 12.2 Å². The summed E-state index contributed by atoms with van der Waals surface area (Å²) in [4.78, 5) is 4.15. The molecule has 0 aliphatic carbocycles. The number of alkyl halides is 1. The molecular formula is C11H17IN2O2S. The van der Waals surface area contributed by atoms with Crippen LogP contribution in [0.5, 0.6) is 5.75 Å². The lowest BCUT2D eigenvalue weighted by Gasteiger charge is -2.26. The number of aromatic nitrogens is 1. The minimum Gasteiger partial charge on any atom is -0.495 e. The fourth-order valence-electron chi connectivity index (χ4n) is 1.17. The molecule has 0 radical (unpaired) electrons. The van der Waals surface area contributed by atoms with Gasteiger partial charge >= 0.3 is 0 Å². The number of methoxy groups -OCH3 is 1. The molecule has 1 rings (SSSR count). The lowest BCUT2D eigenvalue weighted by atomic mass is 10.3. The van der Waals surface area contributed by atoms with E-state index in [-0.39, 0.29) is 4.11 Å². The van der Waals surface area contributed by atoms with Crippen molar-refractivity contribution in [3.63, 3.8) is 0 Å². The van der Waals surface area contributed by atoms with Gasteiger partial charge in [-0.05, 0) is 43.4 Å². The van der Waals surface area contributed by atoms with Gasteiger partial charge in [-0.1, -0.05) is 0 Å². The minimum absolute atomic E-state index is 0.150. The Morgan fingerprint density at radius 3 is 2.59 bits per heavy atom. The summed E-state index contributed by atoms with van der Waals surface area (Å²) in [7, 11) is 1.64. The summed E-state index contributed by atoms with van der Waals surface area (Å²) < 4.78 is 12.9. The van der Waals surface area contributed by atoms with Gasteiger partial charge in [-0.2, -0.15) is 0 Å². The maximum Gasteiger partial charge on any atom is 0.139 e. The highest BCUT2D eigenvalue weighted by Crippen LogP contribution is 2.29. The van der Waals surface area contributed by atoms with Crippen molar-refractivity contribution in [2.75, 3.05) is 11.4 Å². The highest BCUT2D eigenvalue weighted by Gasteiger charge is 2.14. The average molecular weight is 368 g/mol. The topological polar surface area (TPSA) is 34.6 Å². The molecule has 0 fully saturated rings. The molecule has 0 aromatic carbocycles. The maximum absolute atomic E-state index is 5.55. The van der Waals surface area contributed by atoms with Gasteiger partial charge in [0.1, 0.15) is 22.1 Å². The van der Waals surface area contributed by atoms with Gasteiger partial charge in [0.05, 0.1) is 25.2 Å². The second-order valence-electron chi connectivity index (χ2n) is 3.72. The summed E-state index contributed by atoms with van der Waals surface area (Å²) in [6, 6.07) is 2.25. The molecule has 0 aliphatic heterocycles. The largest absolute Gasteiger partial charge is 0.495 e. The van der Waals surface area contributed by atoms with Crippen molar-refractivity contribution in [2.24, 2.45) is 0 Å². The molecule has 1 aromatic rings. The Kier molecular flexibility index (Phi) is 6.35. The van der Waals surface area contributed by atoms with Crippen LogP contribution in [0.15, 0.2) is 18.5 Å². The highest BCUT2D eigenvalue weighted by atomic mass is 127. The molecule has 0 aliphatic rings. The normalized spacial score (nSPS) is 12.6. The van der Waals surface area contributed by atoms with Crippen LogP contribution in [-0.2, 0) is 4.18 Å². The Labute approximate surface area is 121 Å². The van der Waals surface area contributed by atoms with E-state index < -0.39 is 0 Å². The lowest BCUT2D eigenvalue weighted by molar-refractivity contribution is 0.379. The molecule has 0 bridgehead atoms. The summed E-state index contributed by atoms with van der Waals surface area (Å²) in [5.41, 5.74) is 0.974. The second-order valence-corrected chi connectivity index (χ2v) is 6.21. The third-order valence-corrected chi connectivity index (χ3v) is 3.68. The molecule has 6 heteroatoms. The number of rotatable bonds is 6. The summed E-state index contributed by atoms with van der Waals surface area (Å²) >= 11 is 3.56. The SMILES string of the molecule is COc1cncc(N(SOC(C)I)C(C)C)c1. The first kappa shape index (κ1) is 14.8. The first-order chi connectivity index (χ1) is 8.04. The number of nitrogens with zero attached hydrogens (tertiary/aromatic N) is 2. The van der Waals surface area contributed by atoms with Gasteiger partial charge in [-0.3, -0.25) is 13.5 Å². The molecule has 1 unspecified atom stereocenters. The van der Waals surface area contributed by atoms with Crippen LogP contribution in [0.25, 0.3) is 0 Å². The Morgan fingerprint density at radius 2 is 2.06 bits per heavy atom. The van der Waals surface area contributed by atoms with E-state index in [1.807, 2.05) is 13.0 Å². The van der Waals surface area contributed by atoms with Crippen molar-refractivity contribution >= 4 is 40.5 Å². The fraction of sp³-hybridized carbons (Fsp3) is 0.545. The first-order valence-corrected chi connectivity index (χ1v) is 7.24. The van der Waals surface area contributed by atoms with Crippen LogP contribution in [0.2, 0.25) is 0 Å². The molecule has 0 saturated carbocycles. The van der Waals surface area contributed by atoms with Gasteiger partial charge in [0.2, 0.25) is 0 Å². The monoisotopic (exact) mass is 368 g/mol. The third kappa shape index (κ3) is 4.89. The smallest absolute Gasteiger partial charge is 0.139 e.